The fraction of sp³-hybridized carbons (Fsp3) is 0.471. The van der Waals surface area contributed by atoms with Crippen LogP contribution in [0.4, 0.5) is 22.0 Å². The van der Waals surface area contributed by atoms with E-state index in [0.717, 1.165) is 12.1 Å². The number of methoxy groups -OCH3 is 1. The molecule has 1 saturated heterocycles. The summed E-state index contributed by atoms with van der Waals surface area (Å²) in [5.41, 5.74) is -3.00. The van der Waals surface area contributed by atoms with E-state index in [4.69, 9.17) is 14.6 Å². The van der Waals surface area contributed by atoms with Gasteiger partial charge in [0.25, 0.3) is 0 Å². The number of fused-ring (bicyclic) bond motifs is 1. The summed E-state index contributed by atoms with van der Waals surface area (Å²) in [4.78, 5) is 33.3. The number of carboxylic acid groups (broad SMARTS) is 3. The molecule has 30 heavy (non-hydrogen) atoms. The Hall–Kier alpha value is -2.96. The molecule has 0 radical (unpaired) electrons. The van der Waals surface area contributed by atoms with Crippen LogP contribution in [0.1, 0.15) is 12.0 Å². The first kappa shape index (κ1) is 23.3. The molecule has 0 unspecified atom stereocenters. The Morgan fingerprint density at radius 2 is 1.53 bits per heavy atom. The van der Waals surface area contributed by atoms with Gasteiger partial charge in [0.05, 0.1) is 17.9 Å². The van der Waals surface area contributed by atoms with Gasteiger partial charge in [-0.1, -0.05) is 0 Å². The van der Waals surface area contributed by atoms with Gasteiger partial charge < -0.3 is 20.1 Å². The number of halogens is 5. The molecule has 0 amide bonds. The Labute approximate surface area is 165 Å². The van der Waals surface area contributed by atoms with Crippen LogP contribution in [0.15, 0.2) is 12.1 Å². The topological polar surface area (TPSA) is 124 Å². The van der Waals surface area contributed by atoms with Gasteiger partial charge >= 0.3 is 24.1 Å². The van der Waals surface area contributed by atoms with Crippen molar-refractivity contribution >= 4 is 17.9 Å². The quantitative estimate of drug-likeness (QED) is 0.593. The van der Waals surface area contributed by atoms with Crippen LogP contribution in [-0.2, 0) is 20.9 Å². The van der Waals surface area contributed by atoms with Gasteiger partial charge in [-0.2, -0.15) is 13.2 Å². The van der Waals surface area contributed by atoms with E-state index in [2.05, 4.69) is 0 Å². The lowest BCUT2D eigenvalue weighted by Crippen LogP contribution is -2.29. The van der Waals surface area contributed by atoms with Gasteiger partial charge in [0, 0.05) is 25.2 Å². The summed E-state index contributed by atoms with van der Waals surface area (Å²) < 4.78 is 64.6. The molecular weight excluding hydrogens is 425 g/mol. The highest BCUT2D eigenvalue weighted by Crippen LogP contribution is 2.68. The molecule has 2 aliphatic rings. The summed E-state index contributed by atoms with van der Waals surface area (Å²) in [5.74, 6) is -6.89. The van der Waals surface area contributed by atoms with Gasteiger partial charge in [0.1, 0.15) is 5.82 Å². The lowest BCUT2D eigenvalue weighted by Gasteiger charge is -2.20. The number of hydrogen-bond acceptors (Lipinski definition) is 5. The van der Waals surface area contributed by atoms with Crippen LogP contribution in [0.5, 0.6) is 5.75 Å². The van der Waals surface area contributed by atoms with Crippen LogP contribution in [-0.4, -0.2) is 64.5 Å². The van der Waals surface area contributed by atoms with Crippen LogP contribution in [0.2, 0.25) is 0 Å². The fourth-order valence-electron chi connectivity index (χ4n) is 3.61. The minimum absolute atomic E-state index is 0.0459. The zero-order chi connectivity index (χ0) is 23.1. The van der Waals surface area contributed by atoms with E-state index < -0.39 is 46.5 Å². The molecule has 0 spiro atoms. The van der Waals surface area contributed by atoms with E-state index in [9.17, 15) is 41.8 Å². The number of hydrogen-bond donors (Lipinski definition) is 3. The summed E-state index contributed by atoms with van der Waals surface area (Å²) in [6.07, 6.45) is -5.04. The van der Waals surface area contributed by atoms with Crippen molar-refractivity contribution in [3.05, 3.63) is 29.3 Å². The Kier molecular flexibility index (Phi) is 5.99. The summed E-state index contributed by atoms with van der Waals surface area (Å²) in [7, 11) is 1.25. The molecule has 13 heteroatoms. The smallest absolute Gasteiger partial charge is 0.490 e. The number of benzene rings is 1. The van der Waals surface area contributed by atoms with E-state index in [1.54, 1.807) is 0 Å². The van der Waals surface area contributed by atoms with E-state index in [1.165, 1.54) is 12.0 Å². The Bertz CT molecular complexity index is 862. The number of nitrogens with zero attached hydrogens (tertiary/aromatic N) is 1. The monoisotopic (exact) mass is 441 g/mol. The molecule has 0 bridgehead atoms. The molecule has 1 aliphatic heterocycles. The molecule has 2 atom stereocenters. The predicted molar refractivity (Wildman–Crippen MR) is 86.6 cm³/mol. The Balaban J connectivity index is 0.000000396. The maximum Gasteiger partial charge on any atom is 0.490 e. The van der Waals surface area contributed by atoms with Gasteiger partial charge in [0.2, 0.25) is 0 Å². The zero-order valence-corrected chi connectivity index (χ0v) is 15.3. The average molecular weight is 441 g/mol. The summed E-state index contributed by atoms with van der Waals surface area (Å²) in [5, 5.41) is 25.8. The number of piperidine rings is 1. The van der Waals surface area contributed by atoms with Crippen LogP contribution in [0.3, 0.4) is 0 Å². The zero-order valence-electron chi connectivity index (χ0n) is 15.3. The third-order valence-corrected chi connectivity index (χ3v) is 5.20. The average Bonchev–Trinajstić information content (AvgIpc) is 3.17. The molecule has 1 aliphatic carbocycles. The van der Waals surface area contributed by atoms with Crippen LogP contribution < -0.4 is 4.74 Å². The van der Waals surface area contributed by atoms with E-state index in [-0.39, 0.29) is 37.4 Å². The van der Waals surface area contributed by atoms with Crippen molar-refractivity contribution < 1.29 is 56.4 Å². The molecule has 3 N–H and O–H groups in total. The van der Waals surface area contributed by atoms with Gasteiger partial charge in [-0.25, -0.2) is 13.6 Å². The first-order valence-electron chi connectivity index (χ1n) is 8.22. The first-order chi connectivity index (χ1) is 13.7. The largest absolute Gasteiger partial charge is 0.494 e. The number of rotatable bonds is 5. The van der Waals surface area contributed by atoms with Gasteiger partial charge in [0.15, 0.2) is 11.6 Å². The summed E-state index contributed by atoms with van der Waals surface area (Å²) in [6.45, 7) is -0.311. The number of alkyl halides is 3. The second-order valence-electron chi connectivity index (χ2n) is 6.94. The minimum atomic E-state index is -5.08. The van der Waals surface area contributed by atoms with Gasteiger partial charge in [-0.3, -0.25) is 14.5 Å². The van der Waals surface area contributed by atoms with E-state index in [1.807, 2.05) is 0 Å². The Morgan fingerprint density at radius 3 is 1.90 bits per heavy atom. The van der Waals surface area contributed by atoms with Crippen LogP contribution in [0, 0.1) is 22.5 Å². The van der Waals surface area contributed by atoms with Crippen LogP contribution >= 0.6 is 0 Å². The third kappa shape index (κ3) is 3.88. The number of aliphatic carboxylic acids is 3. The number of likely N-dealkylation sites (tertiary alicyclic amines) is 1. The Morgan fingerprint density at radius 1 is 1.07 bits per heavy atom. The van der Waals surface area contributed by atoms with Crippen LogP contribution in [0.25, 0.3) is 0 Å². The maximum atomic E-state index is 14.2. The van der Waals surface area contributed by atoms with Gasteiger partial charge in [-0.05, 0) is 18.6 Å². The highest BCUT2D eigenvalue weighted by atomic mass is 19.4. The first-order valence-corrected chi connectivity index (χ1v) is 8.22. The predicted octanol–water partition coefficient (Wildman–Crippen LogP) is 1.97. The van der Waals surface area contributed by atoms with Crippen molar-refractivity contribution in [3.8, 4) is 5.75 Å². The second-order valence-corrected chi connectivity index (χ2v) is 6.94. The highest BCUT2D eigenvalue weighted by Gasteiger charge is 2.80. The molecule has 1 saturated carbocycles. The van der Waals surface area contributed by atoms with Crippen molar-refractivity contribution in [3.63, 3.8) is 0 Å². The van der Waals surface area contributed by atoms with Crippen molar-refractivity contribution in [2.24, 2.45) is 10.8 Å². The number of carboxylic acids is 3. The number of carbonyl (C=O) groups is 3. The molecule has 8 nitrogen and oxygen atoms in total. The molecule has 2 fully saturated rings. The van der Waals surface area contributed by atoms with E-state index >= 15 is 0 Å². The molecule has 1 heterocycles. The molecule has 166 valence electrons. The SMILES string of the molecule is COc1ccc(F)c(CN2C[C@@]3(C(=O)O)C[C@@]3(C(=O)O)C2)c1F.O=C(O)C(F)(F)F. The minimum Gasteiger partial charge on any atom is -0.494 e. The maximum absolute atomic E-state index is 14.2. The molecule has 0 aromatic heterocycles. The lowest BCUT2D eigenvalue weighted by atomic mass is 9.97. The normalized spacial score (nSPS) is 25.0. The van der Waals surface area contributed by atoms with Crippen molar-refractivity contribution in [1.29, 1.82) is 0 Å². The lowest BCUT2D eigenvalue weighted by molar-refractivity contribution is -0.192. The third-order valence-electron chi connectivity index (χ3n) is 5.20. The van der Waals surface area contributed by atoms with Gasteiger partial charge in [-0.15, -0.1) is 0 Å². The fourth-order valence-corrected chi connectivity index (χ4v) is 3.61. The van der Waals surface area contributed by atoms with Crippen molar-refractivity contribution in [1.82, 2.24) is 4.90 Å². The summed E-state index contributed by atoms with van der Waals surface area (Å²) >= 11 is 0. The molecule has 3 rings (SSSR count). The molecule has 1 aromatic carbocycles. The molecular formula is C17H16F5NO7. The van der Waals surface area contributed by atoms with Crippen molar-refractivity contribution in [2.45, 2.75) is 19.1 Å². The number of ether oxygens (including phenoxy) is 1. The van der Waals surface area contributed by atoms with E-state index in [0.29, 0.717) is 0 Å². The van der Waals surface area contributed by atoms with Crippen molar-refractivity contribution in [2.75, 3.05) is 20.2 Å². The molecule has 1 aromatic rings. The highest BCUT2D eigenvalue weighted by molar-refractivity contribution is 5.94. The standard InChI is InChI=1S/C15H15F2NO5.C2HF3O2/c1-23-10-3-2-9(16)8(11(10)17)4-18-6-14(12(19)20)5-15(14,7-18)13(21)22;3-2(4,5)1(6)7/h2-3H,4-7H2,1H3,(H,19,20)(H,21,22);(H,6,7)/t14-,15+;. The summed E-state index contributed by atoms with van der Waals surface area (Å²) in [6, 6.07) is 2.22. The second kappa shape index (κ2) is 7.70.